The van der Waals surface area contributed by atoms with Crippen LogP contribution in [0.3, 0.4) is 0 Å². The molecule has 2 aromatic rings. The van der Waals surface area contributed by atoms with E-state index >= 15 is 0 Å². The number of hydrogen-bond donors (Lipinski definition) is 1. The first-order chi connectivity index (χ1) is 8.81. The van der Waals surface area contributed by atoms with Gasteiger partial charge in [0.1, 0.15) is 11.7 Å². The van der Waals surface area contributed by atoms with Crippen LogP contribution in [0, 0.1) is 0 Å². The van der Waals surface area contributed by atoms with Gasteiger partial charge in [-0.1, -0.05) is 42.1 Å². The molecule has 0 atom stereocenters. The molecule has 2 N–H and O–H groups in total. The summed E-state index contributed by atoms with van der Waals surface area (Å²) in [6.45, 7) is 0. The second kappa shape index (κ2) is 4.78. The molecule has 0 saturated carbocycles. The van der Waals surface area contributed by atoms with Gasteiger partial charge in [-0.15, -0.1) is 0 Å². The summed E-state index contributed by atoms with van der Waals surface area (Å²) in [6, 6.07) is 14.1. The molecule has 90 valence electrons. The number of benzene rings is 2. The van der Waals surface area contributed by atoms with Crippen molar-refractivity contribution in [3.8, 4) is 5.75 Å². The van der Waals surface area contributed by atoms with Gasteiger partial charge in [-0.2, -0.15) is 0 Å². The van der Waals surface area contributed by atoms with Gasteiger partial charge in [-0.3, -0.25) is 0 Å². The molecule has 1 aliphatic heterocycles. The monoisotopic (exact) mass is 255 g/mol. The van der Waals surface area contributed by atoms with Crippen LogP contribution in [0.1, 0.15) is 11.1 Å². The number of anilines is 1. The number of nitrogen functional groups attached to an aromatic ring is 1. The highest BCUT2D eigenvalue weighted by Gasteiger charge is 2.11. The molecule has 3 heteroatoms. The first kappa shape index (κ1) is 11.2. The molecule has 18 heavy (non-hydrogen) atoms. The molecule has 0 aromatic heterocycles. The number of thioether (sulfide) groups is 1. The Morgan fingerprint density at radius 2 is 1.72 bits per heavy atom. The summed E-state index contributed by atoms with van der Waals surface area (Å²) in [7, 11) is 0. The highest BCUT2D eigenvalue weighted by atomic mass is 32.2. The molecule has 0 unspecified atom stereocenters. The highest BCUT2D eigenvalue weighted by molar-refractivity contribution is 7.99. The minimum Gasteiger partial charge on any atom is -0.481 e. The van der Waals surface area contributed by atoms with Gasteiger partial charge in [0.05, 0.1) is 4.90 Å². The van der Waals surface area contributed by atoms with E-state index in [2.05, 4.69) is 30.4 Å². The Bertz CT molecular complexity index is 590. The number of ether oxygens (including phenoxy) is 1. The Morgan fingerprint density at radius 3 is 2.56 bits per heavy atom. The van der Waals surface area contributed by atoms with Gasteiger partial charge >= 0.3 is 0 Å². The molecule has 0 fully saturated rings. The molecule has 0 amide bonds. The fourth-order valence-corrected chi connectivity index (χ4v) is 2.55. The second-order valence-electron chi connectivity index (χ2n) is 4.11. The molecule has 0 radical (unpaired) electrons. The van der Waals surface area contributed by atoms with E-state index in [1.165, 1.54) is 4.90 Å². The van der Waals surface area contributed by atoms with Crippen molar-refractivity contribution in [1.29, 1.82) is 0 Å². The van der Waals surface area contributed by atoms with Crippen LogP contribution in [-0.2, 0) is 0 Å². The lowest BCUT2D eigenvalue weighted by Crippen LogP contribution is -1.83. The molecule has 1 heterocycles. The summed E-state index contributed by atoms with van der Waals surface area (Å²) in [6.07, 6.45) is 4.15. The summed E-state index contributed by atoms with van der Waals surface area (Å²) < 4.78 is 5.52. The number of rotatable bonds is 2. The molecule has 0 aliphatic carbocycles. The third-order valence-corrected chi connectivity index (χ3v) is 3.69. The van der Waals surface area contributed by atoms with Crippen molar-refractivity contribution in [3.05, 3.63) is 53.6 Å². The van der Waals surface area contributed by atoms with E-state index in [4.69, 9.17) is 10.5 Å². The van der Waals surface area contributed by atoms with Crippen molar-refractivity contribution in [2.75, 3.05) is 11.7 Å². The molecule has 2 nitrogen and oxygen atoms in total. The first-order valence-corrected chi connectivity index (χ1v) is 6.73. The summed E-state index contributed by atoms with van der Waals surface area (Å²) >= 11 is 1.73. The maximum atomic E-state index is 5.65. The molecule has 0 spiro atoms. The zero-order valence-electron chi connectivity index (χ0n) is 9.80. The van der Waals surface area contributed by atoms with Gasteiger partial charge in [-0.05, 0) is 35.4 Å². The molecule has 3 rings (SSSR count). The lowest BCUT2D eigenvalue weighted by atomic mass is 10.1. The van der Waals surface area contributed by atoms with Crippen LogP contribution < -0.4 is 10.5 Å². The maximum Gasteiger partial charge on any atom is 0.138 e. The SMILES string of the molecule is Nc1ccc(/C=C/c2ccc3c(c2)OCS3)cc1. The van der Waals surface area contributed by atoms with Crippen LogP contribution >= 0.6 is 11.8 Å². The molecule has 0 bridgehead atoms. The zero-order valence-corrected chi connectivity index (χ0v) is 10.6. The fraction of sp³-hybridized carbons (Fsp3) is 0.0667. The Labute approximate surface area is 110 Å². The number of fused-ring (bicyclic) bond motifs is 1. The number of hydrogen-bond acceptors (Lipinski definition) is 3. The van der Waals surface area contributed by atoms with Gasteiger partial charge in [-0.25, -0.2) is 0 Å². The van der Waals surface area contributed by atoms with E-state index in [1.807, 2.05) is 24.3 Å². The Morgan fingerprint density at radius 1 is 1.00 bits per heavy atom. The van der Waals surface area contributed by atoms with Crippen LogP contribution in [0.2, 0.25) is 0 Å². The maximum absolute atomic E-state index is 5.65. The molecular weight excluding hydrogens is 242 g/mol. The van der Waals surface area contributed by atoms with E-state index in [-0.39, 0.29) is 0 Å². The lowest BCUT2D eigenvalue weighted by molar-refractivity contribution is 0.397. The normalized spacial score (nSPS) is 13.6. The topological polar surface area (TPSA) is 35.2 Å². The summed E-state index contributed by atoms with van der Waals surface area (Å²) in [4.78, 5) is 1.22. The molecular formula is C15H13NOS. The fourth-order valence-electron chi connectivity index (χ4n) is 1.82. The van der Waals surface area contributed by atoms with Crippen molar-refractivity contribution < 1.29 is 4.74 Å². The van der Waals surface area contributed by atoms with Crippen molar-refractivity contribution in [2.24, 2.45) is 0 Å². The Balaban J connectivity index is 1.82. The largest absolute Gasteiger partial charge is 0.481 e. The van der Waals surface area contributed by atoms with E-state index in [1.54, 1.807) is 11.8 Å². The van der Waals surface area contributed by atoms with Crippen LogP contribution in [0.15, 0.2) is 47.4 Å². The quantitative estimate of drug-likeness (QED) is 0.653. The summed E-state index contributed by atoms with van der Waals surface area (Å²) in [5.41, 5.74) is 8.72. The predicted octanol–water partition coefficient (Wildman–Crippen LogP) is 3.88. The molecule has 0 saturated heterocycles. The molecule has 1 aliphatic rings. The van der Waals surface area contributed by atoms with E-state index in [9.17, 15) is 0 Å². The Kier molecular flexibility index (Phi) is 2.99. The summed E-state index contributed by atoms with van der Waals surface area (Å²) in [5, 5.41) is 0. The Hall–Kier alpha value is -1.87. The highest BCUT2D eigenvalue weighted by Crippen LogP contribution is 2.36. The van der Waals surface area contributed by atoms with Crippen molar-refractivity contribution in [1.82, 2.24) is 0 Å². The molecule has 2 aromatic carbocycles. The van der Waals surface area contributed by atoms with Crippen molar-refractivity contribution in [3.63, 3.8) is 0 Å². The lowest BCUT2D eigenvalue weighted by Gasteiger charge is -1.99. The minimum absolute atomic E-state index is 0.723. The van der Waals surface area contributed by atoms with Crippen molar-refractivity contribution >= 4 is 29.6 Å². The van der Waals surface area contributed by atoms with Gasteiger partial charge in [0.25, 0.3) is 0 Å². The second-order valence-corrected chi connectivity index (χ2v) is 5.08. The van der Waals surface area contributed by atoms with E-state index in [0.717, 1.165) is 28.5 Å². The predicted molar refractivity (Wildman–Crippen MR) is 77.6 cm³/mol. The van der Waals surface area contributed by atoms with Crippen molar-refractivity contribution in [2.45, 2.75) is 4.90 Å². The third kappa shape index (κ3) is 2.36. The van der Waals surface area contributed by atoms with Crippen LogP contribution in [0.25, 0.3) is 12.2 Å². The van der Waals surface area contributed by atoms with E-state index < -0.39 is 0 Å². The zero-order chi connectivity index (χ0) is 12.4. The number of nitrogens with two attached hydrogens (primary N) is 1. The van der Waals surface area contributed by atoms with Gasteiger partial charge < -0.3 is 10.5 Å². The van der Waals surface area contributed by atoms with Crippen LogP contribution in [-0.4, -0.2) is 5.94 Å². The van der Waals surface area contributed by atoms with E-state index in [0.29, 0.717) is 0 Å². The average molecular weight is 255 g/mol. The summed E-state index contributed by atoms with van der Waals surface area (Å²) in [5.74, 6) is 1.71. The van der Waals surface area contributed by atoms with Gasteiger partial charge in [0.2, 0.25) is 0 Å². The van der Waals surface area contributed by atoms with Crippen LogP contribution in [0.5, 0.6) is 5.75 Å². The van der Waals surface area contributed by atoms with Gasteiger partial charge in [0.15, 0.2) is 0 Å². The minimum atomic E-state index is 0.723. The smallest absolute Gasteiger partial charge is 0.138 e. The average Bonchev–Trinajstić information content (AvgIpc) is 2.85. The van der Waals surface area contributed by atoms with Crippen LogP contribution in [0.4, 0.5) is 5.69 Å². The standard InChI is InChI=1S/C15H13NOS/c16-13-6-3-11(4-7-13)1-2-12-5-8-15-14(9-12)17-10-18-15/h1-9H,10,16H2/b2-1+. The first-order valence-electron chi connectivity index (χ1n) is 5.74. The third-order valence-electron chi connectivity index (χ3n) is 2.80. The van der Waals surface area contributed by atoms with Gasteiger partial charge in [0, 0.05) is 5.69 Å².